The van der Waals surface area contributed by atoms with Crippen LogP contribution in [-0.4, -0.2) is 50.2 Å². The number of aryl methyl sites for hydroxylation is 1. The topological polar surface area (TPSA) is 78.7 Å². The summed E-state index contributed by atoms with van der Waals surface area (Å²) in [4.78, 5) is 33.9. The fraction of sp³-hybridized carbons (Fsp3) is 0.400. The van der Waals surface area contributed by atoms with Crippen molar-refractivity contribution < 1.29 is 19.1 Å². The van der Waals surface area contributed by atoms with E-state index in [0.29, 0.717) is 41.4 Å². The minimum atomic E-state index is -1.59. The Hall–Kier alpha value is -2.97. The summed E-state index contributed by atoms with van der Waals surface area (Å²) in [6.45, 7) is 3.23. The summed E-state index contributed by atoms with van der Waals surface area (Å²) in [5.74, 6) is -0.130. The van der Waals surface area contributed by atoms with Crippen LogP contribution < -0.4 is 4.90 Å². The molecule has 0 spiro atoms. The van der Waals surface area contributed by atoms with Crippen molar-refractivity contribution in [2.75, 3.05) is 18.1 Å². The van der Waals surface area contributed by atoms with Gasteiger partial charge < -0.3 is 19.5 Å². The summed E-state index contributed by atoms with van der Waals surface area (Å²) in [7, 11) is 0. The molecule has 180 valence electrons. The molecule has 9 heteroatoms. The van der Waals surface area contributed by atoms with Crippen LogP contribution in [0, 0.1) is 0 Å². The molecular weight excluding hydrogens is 459 g/mol. The van der Waals surface area contributed by atoms with Crippen LogP contribution in [-0.2, 0) is 29.2 Å². The van der Waals surface area contributed by atoms with Gasteiger partial charge in [0.2, 0.25) is 5.91 Å². The highest BCUT2D eigenvalue weighted by atomic mass is 35.5. The van der Waals surface area contributed by atoms with Gasteiger partial charge in [0.05, 0.1) is 24.3 Å². The van der Waals surface area contributed by atoms with Gasteiger partial charge in [0, 0.05) is 23.8 Å². The maximum absolute atomic E-state index is 13.4. The Labute approximate surface area is 202 Å². The quantitative estimate of drug-likeness (QED) is 0.510. The molecule has 0 atom stereocenters. The third-order valence-electron chi connectivity index (χ3n) is 5.94. The fourth-order valence-electron chi connectivity index (χ4n) is 4.29. The minimum Gasteiger partial charge on any atom is -0.381 e. The lowest BCUT2D eigenvalue weighted by Gasteiger charge is -2.27. The Kier molecular flexibility index (Phi) is 6.91. The van der Waals surface area contributed by atoms with Crippen LogP contribution in [0.2, 0.25) is 5.02 Å². The number of alkyl halides is 1. The van der Waals surface area contributed by atoms with Crippen LogP contribution in [0.4, 0.5) is 10.1 Å². The number of aliphatic hydroxyl groups is 1. The first-order chi connectivity index (χ1) is 16.2. The van der Waals surface area contributed by atoms with Crippen molar-refractivity contribution in [1.82, 2.24) is 14.5 Å². The Morgan fingerprint density at radius 1 is 1.18 bits per heavy atom. The SMILES string of the molecule is CC(C)(O)C(=O)N1CC(=O)N(Cc2nc3cc(Cl)ccc3n2CCCCF)c2ccccc2C1. The second kappa shape index (κ2) is 9.72. The van der Waals surface area contributed by atoms with Gasteiger partial charge in [-0.2, -0.15) is 0 Å². The Morgan fingerprint density at radius 2 is 1.94 bits per heavy atom. The molecule has 2 heterocycles. The molecule has 0 unspecified atom stereocenters. The number of amides is 2. The summed E-state index contributed by atoms with van der Waals surface area (Å²) < 4.78 is 14.8. The van der Waals surface area contributed by atoms with Crippen molar-refractivity contribution in [3.05, 3.63) is 58.9 Å². The van der Waals surface area contributed by atoms with E-state index in [-0.39, 0.29) is 25.5 Å². The number of hydrogen-bond acceptors (Lipinski definition) is 4. The molecule has 7 nitrogen and oxygen atoms in total. The van der Waals surface area contributed by atoms with E-state index in [0.717, 1.165) is 11.1 Å². The van der Waals surface area contributed by atoms with Crippen LogP contribution >= 0.6 is 11.6 Å². The van der Waals surface area contributed by atoms with E-state index < -0.39 is 18.2 Å². The number of nitrogens with zero attached hydrogens (tertiary/aromatic N) is 4. The monoisotopic (exact) mass is 486 g/mol. The number of halogens is 2. The van der Waals surface area contributed by atoms with Crippen LogP contribution in [0.25, 0.3) is 11.0 Å². The number of aromatic nitrogens is 2. The van der Waals surface area contributed by atoms with Gasteiger partial charge in [0.25, 0.3) is 5.91 Å². The van der Waals surface area contributed by atoms with Crippen molar-refractivity contribution in [2.45, 2.75) is 51.9 Å². The van der Waals surface area contributed by atoms with E-state index in [4.69, 9.17) is 16.6 Å². The summed E-state index contributed by atoms with van der Waals surface area (Å²) in [5, 5.41) is 10.8. The number of fused-ring (bicyclic) bond motifs is 2. The Morgan fingerprint density at radius 3 is 2.68 bits per heavy atom. The normalized spacial score (nSPS) is 14.4. The number of rotatable bonds is 7. The molecule has 0 radical (unpaired) electrons. The zero-order valence-corrected chi connectivity index (χ0v) is 20.1. The predicted octanol–water partition coefficient (Wildman–Crippen LogP) is 4.09. The van der Waals surface area contributed by atoms with Gasteiger partial charge in [0.15, 0.2) is 0 Å². The maximum Gasteiger partial charge on any atom is 0.254 e. The number of hydrogen-bond donors (Lipinski definition) is 1. The molecule has 1 aliphatic rings. The Balaban J connectivity index is 1.73. The summed E-state index contributed by atoms with van der Waals surface area (Å²) in [6.07, 6.45) is 1.07. The first kappa shape index (κ1) is 24.2. The van der Waals surface area contributed by atoms with E-state index in [1.807, 2.05) is 34.9 Å². The highest BCUT2D eigenvalue weighted by Crippen LogP contribution is 2.29. The van der Waals surface area contributed by atoms with E-state index in [2.05, 4.69) is 0 Å². The summed E-state index contributed by atoms with van der Waals surface area (Å²) in [6, 6.07) is 12.9. The summed E-state index contributed by atoms with van der Waals surface area (Å²) in [5.41, 5.74) is 1.48. The number of carbonyl (C=O) groups is 2. The van der Waals surface area contributed by atoms with E-state index in [1.165, 1.54) is 18.7 Å². The number of para-hydroxylation sites is 1. The molecule has 0 saturated heterocycles. The lowest BCUT2D eigenvalue weighted by atomic mass is 10.1. The lowest BCUT2D eigenvalue weighted by molar-refractivity contribution is -0.150. The minimum absolute atomic E-state index is 0.161. The van der Waals surface area contributed by atoms with Crippen molar-refractivity contribution in [2.24, 2.45) is 0 Å². The number of carbonyl (C=O) groups excluding carboxylic acids is 2. The second-order valence-electron chi connectivity index (χ2n) is 9.04. The first-order valence-electron chi connectivity index (χ1n) is 11.3. The van der Waals surface area contributed by atoms with Gasteiger partial charge in [0.1, 0.15) is 18.0 Å². The highest BCUT2D eigenvalue weighted by molar-refractivity contribution is 6.31. The molecule has 3 aromatic rings. The van der Waals surface area contributed by atoms with Crippen molar-refractivity contribution >= 4 is 40.1 Å². The van der Waals surface area contributed by atoms with Gasteiger partial charge in [-0.15, -0.1) is 0 Å². The second-order valence-corrected chi connectivity index (χ2v) is 9.47. The molecule has 1 N–H and O–H groups in total. The van der Waals surface area contributed by atoms with Crippen LogP contribution in [0.3, 0.4) is 0 Å². The average molecular weight is 487 g/mol. The van der Waals surface area contributed by atoms with E-state index in [1.54, 1.807) is 17.0 Å². The number of benzene rings is 2. The number of imidazole rings is 1. The molecule has 2 aromatic carbocycles. The average Bonchev–Trinajstić information content (AvgIpc) is 3.05. The third-order valence-corrected chi connectivity index (χ3v) is 6.17. The van der Waals surface area contributed by atoms with Gasteiger partial charge in [-0.1, -0.05) is 29.8 Å². The third kappa shape index (κ3) is 4.93. The standard InChI is InChI=1S/C25H28ClFN4O3/c1-25(2,34)24(33)29-14-17-7-3-4-8-20(17)31(23(32)16-29)15-22-28-19-13-18(26)9-10-21(19)30(22)12-6-5-11-27/h3-4,7-10,13,34H,5-6,11-12,14-16H2,1-2H3. The van der Waals surface area contributed by atoms with Crippen LogP contribution in [0.1, 0.15) is 38.1 Å². The molecule has 2 amide bonds. The van der Waals surface area contributed by atoms with E-state index >= 15 is 0 Å². The molecule has 0 saturated carbocycles. The molecule has 0 bridgehead atoms. The van der Waals surface area contributed by atoms with Crippen molar-refractivity contribution in [1.29, 1.82) is 0 Å². The van der Waals surface area contributed by atoms with Crippen LogP contribution in [0.5, 0.6) is 0 Å². The van der Waals surface area contributed by atoms with Gasteiger partial charge in [-0.05, 0) is 56.5 Å². The zero-order chi connectivity index (χ0) is 24.5. The highest BCUT2D eigenvalue weighted by Gasteiger charge is 2.35. The molecule has 34 heavy (non-hydrogen) atoms. The molecular formula is C25H28ClFN4O3. The molecule has 0 aliphatic carbocycles. The lowest BCUT2D eigenvalue weighted by Crippen LogP contribution is -2.47. The Bertz CT molecular complexity index is 1220. The molecule has 1 aromatic heterocycles. The van der Waals surface area contributed by atoms with E-state index in [9.17, 15) is 19.1 Å². The maximum atomic E-state index is 13.4. The van der Waals surface area contributed by atoms with Gasteiger partial charge in [-0.3, -0.25) is 14.0 Å². The molecule has 4 rings (SSSR count). The molecule has 0 fully saturated rings. The predicted molar refractivity (Wildman–Crippen MR) is 129 cm³/mol. The zero-order valence-electron chi connectivity index (χ0n) is 19.3. The fourth-order valence-corrected chi connectivity index (χ4v) is 4.45. The smallest absolute Gasteiger partial charge is 0.254 e. The van der Waals surface area contributed by atoms with Gasteiger partial charge >= 0.3 is 0 Å². The van der Waals surface area contributed by atoms with Crippen molar-refractivity contribution in [3.63, 3.8) is 0 Å². The summed E-state index contributed by atoms with van der Waals surface area (Å²) >= 11 is 6.17. The first-order valence-corrected chi connectivity index (χ1v) is 11.7. The van der Waals surface area contributed by atoms with Crippen molar-refractivity contribution in [3.8, 4) is 0 Å². The molecule has 1 aliphatic heterocycles. The largest absolute Gasteiger partial charge is 0.381 e. The van der Waals surface area contributed by atoms with Gasteiger partial charge in [-0.25, -0.2) is 4.98 Å². The number of unbranched alkanes of at least 4 members (excludes halogenated alkanes) is 1. The number of anilines is 1. The van der Waals surface area contributed by atoms with Crippen LogP contribution in [0.15, 0.2) is 42.5 Å².